The average molecular weight is 588 g/mol. The van der Waals surface area contributed by atoms with Crippen molar-refractivity contribution in [1.29, 1.82) is 0 Å². The van der Waals surface area contributed by atoms with Crippen LogP contribution in [0.4, 0.5) is 13.2 Å². The number of aromatic nitrogens is 2. The van der Waals surface area contributed by atoms with Crippen LogP contribution >= 0.6 is 0 Å². The lowest BCUT2D eigenvalue weighted by molar-refractivity contribution is -0.137. The van der Waals surface area contributed by atoms with Gasteiger partial charge in [0.25, 0.3) is 5.56 Å². The highest BCUT2D eigenvalue weighted by Crippen LogP contribution is 2.34. The number of fused-ring (bicyclic) bond motifs is 2. The molecule has 0 N–H and O–H groups in total. The third kappa shape index (κ3) is 5.87. The quantitative estimate of drug-likeness (QED) is 0.189. The lowest BCUT2D eigenvalue weighted by atomic mass is 10.1. The van der Waals surface area contributed by atoms with Crippen LogP contribution in [0.2, 0.25) is 0 Å². The largest absolute Gasteiger partial charge is 0.490 e. The summed E-state index contributed by atoms with van der Waals surface area (Å²) in [7, 11) is 0. The van der Waals surface area contributed by atoms with Gasteiger partial charge in [-0.25, -0.2) is 4.98 Å². The summed E-state index contributed by atoms with van der Waals surface area (Å²) in [6.45, 7) is 2.64. The van der Waals surface area contributed by atoms with Gasteiger partial charge in [0.05, 0.1) is 29.3 Å². The highest BCUT2D eigenvalue weighted by atomic mass is 19.4. The van der Waals surface area contributed by atoms with E-state index in [1.807, 2.05) is 25.1 Å². The van der Waals surface area contributed by atoms with Crippen molar-refractivity contribution in [3.63, 3.8) is 0 Å². The summed E-state index contributed by atoms with van der Waals surface area (Å²) in [5.74, 6) is 2.25. The second-order valence-electron chi connectivity index (χ2n) is 9.51. The van der Waals surface area contributed by atoms with Gasteiger partial charge < -0.3 is 18.9 Å². The smallest absolute Gasteiger partial charge is 0.416 e. The summed E-state index contributed by atoms with van der Waals surface area (Å²) in [5, 5.41) is 4.64. The van der Waals surface area contributed by atoms with Gasteiger partial charge in [-0.05, 0) is 72.6 Å². The predicted octanol–water partition coefficient (Wildman–Crippen LogP) is 6.67. The van der Waals surface area contributed by atoms with Gasteiger partial charge in [-0.1, -0.05) is 30.3 Å². The number of hydrogen-bond donors (Lipinski definition) is 0. The number of nitrogens with zero attached hydrogens (tertiary/aromatic N) is 3. The molecule has 0 radical (unpaired) electrons. The summed E-state index contributed by atoms with van der Waals surface area (Å²) < 4.78 is 64.0. The van der Waals surface area contributed by atoms with Crippen molar-refractivity contribution in [3.8, 4) is 34.4 Å². The maximum absolute atomic E-state index is 13.5. The molecule has 0 bridgehead atoms. The lowest BCUT2D eigenvalue weighted by Crippen LogP contribution is -2.20. The zero-order chi connectivity index (χ0) is 30.0. The van der Waals surface area contributed by atoms with E-state index in [1.165, 1.54) is 18.3 Å². The molecule has 0 fully saturated rings. The molecule has 1 aliphatic heterocycles. The molecule has 218 valence electrons. The van der Waals surface area contributed by atoms with Crippen LogP contribution in [0.5, 0.6) is 23.0 Å². The zero-order valence-corrected chi connectivity index (χ0v) is 22.8. The Kier molecular flexibility index (Phi) is 7.45. The summed E-state index contributed by atoms with van der Waals surface area (Å²) in [5.41, 5.74) is 0.492. The van der Waals surface area contributed by atoms with Crippen LogP contribution in [0.1, 0.15) is 23.6 Å². The molecular weight excluding hydrogens is 563 g/mol. The van der Waals surface area contributed by atoms with E-state index in [0.717, 1.165) is 22.4 Å². The van der Waals surface area contributed by atoms with E-state index in [9.17, 15) is 18.0 Å². The summed E-state index contributed by atoms with van der Waals surface area (Å²) in [6.07, 6.45) is -3.15. The van der Waals surface area contributed by atoms with Crippen LogP contribution in [0, 0.1) is 0 Å². The minimum absolute atomic E-state index is 0.0280. The highest BCUT2D eigenvalue weighted by Gasteiger charge is 2.31. The van der Waals surface area contributed by atoms with Crippen molar-refractivity contribution in [2.24, 2.45) is 5.10 Å². The van der Waals surface area contributed by atoms with E-state index in [-0.39, 0.29) is 30.2 Å². The SMILES string of the molecule is CCOc1cc(C=Nn2c(-c3cccc(C(F)(F)F)c3)nc3ccccc3c2=O)ccc1OCc1ccc2c(c1)OCO2. The van der Waals surface area contributed by atoms with Crippen LogP contribution in [-0.2, 0) is 12.8 Å². The lowest BCUT2D eigenvalue weighted by Gasteiger charge is -2.13. The normalized spacial score (nSPS) is 12.7. The summed E-state index contributed by atoms with van der Waals surface area (Å²) in [6, 6.07) is 21.9. The molecule has 11 heteroatoms. The number of para-hydroxylation sites is 1. The van der Waals surface area contributed by atoms with Crippen LogP contribution in [-0.4, -0.2) is 29.3 Å². The highest BCUT2D eigenvalue weighted by molar-refractivity contribution is 5.82. The molecule has 43 heavy (non-hydrogen) atoms. The van der Waals surface area contributed by atoms with Crippen molar-refractivity contribution in [1.82, 2.24) is 9.66 Å². The summed E-state index contributed by atoms with van der Waals surface area (Å²) >= 11 is 0. The maximum atomic E-state index is 13.5. The van der Waals surface area contributed by atoms with Gasteiger partial charge in [-0.15, -0.1) is 0 Å². The molecule has 1 aromatic heterocycles. The fourth-order valence-corrected chi connectivity index (χ4v) is 4.56. The van der Waals surface area contributed by atoms with Gasteiger partial charge in [-0.3, -0.25) is 4.79 Å². The molecule has 6 rings (SSSR count). The molecule has 0 saturated carbocycles. The molecule has 1 aliphatic rings. The first-order valence-electron chi connectivity index (χ1n) is 13.3. The van der Waals surface area contributed by atoms with Crippen molar-refractivity contribution in [3.05, 3.63) is 112 Å². The molecule has 0 amide bonds. The molecule has 8 nitrogen and oxygen atoms in total. The van der Waals surface area contributed by atoms with Gasteiger partial charge in [0.2, 0.25) is 6.79 Å². The van der Waals surface area contributed by atoms with Crippen molar-refractivity contribution >= 4 is 17.1 Å². The third-order valence-electron chi connectivity index (χ3n) is 6.62. The Morgan fingerprint density at radius 1 is 0.930 bits per heavy atom. The van der Waals surface area contributed by atoms with Crippen molar-refractivity contribution in [2.75, 3.05) is 13.4 Å². The maximum Gasteiger partial charge on any atom is 0.416 e. The Morgan fingerprint density at radius 3 is 2.60 bits per heavy atom. The van der Waals surface area contributed by atoms with E-state index < -0.39 is 17.3 Å². The topological polar surface area (TPSA) is 84.2 Å². The molecule has 0 atom stereocenters. The molecule has 0 spiro atoms. The molecule has 2 heterocycles. The molecule has 5 aromatic rings. The van der Waals surface area contributed by atoms with Crippen LogP contribution in [0.3, 0.4) is 0 Å². The summed E-state index contributed by atoms with van der Waals surface area (Å²) in [4.78, 5) is 18.0. The number of rotatable bonds is 8. The average Bonchev–Trinajstić information content (AvgIpc) is 3.48. The Morgan fingerprint density at radius 2 is 1.77 bits per heavy atom. The third-order valence-corrected chi connectivity index (χ3v) is 6.62. The van der Waals surface area contributed by atoms with E-state index in [0.29, 0.717) is 40.7 Å². The predicted molar refractivity (Wildman–Crippen MR) is 154 cm³/mol. The van der Waals surface area contributed by atoms with Gasteiger partial charge in [0, 0.05) is 5.56 Å². The molecule has 0 saturated heterocycles. The monoisotopic (exact) mass is 587 g/mol. The number of benzene rings is 4. The zero-order valence-electron chi connectivity index (χ0n) is 22.8. The van der Waals surface area contributed by atoms with Gasteiger partial charge in [0.1, 0.15) is 6.61 Å². The Labute approximate surface area is 243 Å². The van der Waals surface area contributed by atoms with Crippen LogP contribution in [0.25, 0.3) is 22.3 Å². The molecule has 0 unspecified atom stereocenters. The Bertz CT molecular complexity index is 1900. The van der Waals surface area contributed by atoms with Crippen molar-refractivity contribution in [2.45, 2.75) is 19.7 Å². The van der Waals surface area contributed by atoms with Crippen LogP contribution < -0.4 is 24.5 Å². The van der Waals surface area contributed by atoms with E-state index in [1.54, 1.807) is 42.5 Å². The minimum Gasteiger partial charge on any atom is -0.490 e. The molecule has 4 aromatic carbocycles. The number of ether oxygens (including phenoxy) is 4. The minimum atomic E-state index is -4.57. The van der Waals surface area contributed by atoms with E-state index in [2.05, 4.69) is 10.1 Å². The first-order valence-corrected chi connectivity index (χ1v) is 13.3. The Balaban J connectivity index is 1.33. The second kappa shape index (κ2) is 11.5. The Hall–Kier alpha value is -5.32. The fourth-order valence-electron chi connectivity index (χ4n) is 4.56. The number of alkyl halides is 3. The molecular formula is C32H24F3N3O5. The van der Waals surface area contributed by atoms with Crippen LogP contribution in [0.15, 0.2) is 94.8 Å². The van der Waals surface area contributed by atoms with Gasteiger partial charge >= 0.3 is 6.18 Å². The fraction of sp³-hybridized carbons (Fsp3) is 0.156. The van der Waals surface area contributed by atoms with Crippen molar-refractivity contribution < 1.29 is 32.1 Å². The standard InChI is InChI=1S/C32H24F3N3O5/c1-2-40-28-14-20(10-12-26(28)41-18-21-11-13-27-29(15-21)43-19-42-27)17-36-38-30(22-6-5-7-23(16-22)32(33,34)35)37-25-9-4-3-8-24(25)31(38)39/h3-17H,2,18-19H2,1H3. The van der Waals surface area contributed by atoms with Gasteiger partial charge in [0.15, 0.2) is 28.8 Å². The molecule has 0 aliphatic carbocycles. The number of hydrogen-bond acceptors (Lipinski definition) is 7. The first-order chi connectivity index (χ1) is 20.8. The van der Waals surface area contributed by atoms with E-state index in [4.69, 9.17) is 18.9 Å². The van der Waals surface area contributed by atoms with Gasteiger partial charge in [-0.2, -0.15) is 22.9 Å². The first kappa shape index (κ1) is 27.8. The second-order valence-corrected chi connectivity index (χ2v) is 9.51. The van der Waals surface area contributed by atoms with E-state index >= 15 is 0 Å². The number of halogens is 3.